The van der Waals surface area contributed by atoms with Crippen LogP contribution in [0.2, 0.25) is 10.2 Å². The van der Waals surface area contributed by atoms with Crippen molar-refractivity contribution in [3.05, 3.63) is 51.5 Å². The van der Waals surface area contributed by atoms with Crippen LogP contribution in [0.3, 0.4) is 0 Å². The predicted octanol–water partition coefficient (Wildman–Crippen LogP) is 2.79. The van der Waals surface area contributed by atoms with Crippen molar-refractivity contribution in [1.82, 2.24) is 9.97 Å². The van der Waals surface area contributed by atoms with E-state index < -0.39 is 38.6 Å². The number of hydrogen-bond donors (Lipinski definition) is 1. The average Bonchev–Trinajstić information content (AvgIpc) is 2.55. The highest BCUT2D eigenvalue weighted by atomic mass is 35.5. The number of nitrogens with zero attached hydrogens (tertiary/aromatic N) is 2. The van der Waals surface area contributed by atoms with E-state index in [-0.39, 0.29) is 15.9 Å². The van der Waals surface area contributed by atoms with E-state index in [1.807, 2.05) is 0 Å². The minimum absolute atomic E-state index is 0.194. The predicted molar refractivity (Wildman–Crippen MR) is 85.9 cm³/mol. The molecule has 1 N–H and O–H groups in total. The molecule has 0 radical (unpaired) electrons. The van der Waals surface area contributed by atoms with Crippen LogP contribution in [0.5, 0.6) is 0 Å². The van der Waals surface area contributed by atoms with E-state index >= 15 is 0 Å². The number of nitrogens with one attached hydrogen (secondary N) is 1. The molecule has 25 heavy (non-hydrogen) atoms. The molecule has 0 saturated carbocycles. The van der Waals surface area contributed by atoms with Gasteiger partial charge < -0.3 is 0 Å². The molecular formula is C13H7Cl2F2N3O4S. The monoisotopic (exact) mass is 409 g/mol. The molecule has 7 nitrogen and oxygen atoms in total. The van der Waals surface area contributed by atoms with Gasteiger partial charge in [-0.2, -0.15) is 8.78 Å². The van der Waals surface area contributed by atoms with Crippen molar-refractivity contribution in [1.29, 1.82) is 0 Å². The molecule has 0 unspecified atom stereocenters. The topological polar surface area (TPSA) is 106 Å². The van der Waals surface area contributed by atoms with Gasteiger partial charge in [-0.05, 0) is 12.1 Å². The van der Waals surface area contributed by atoms with Crippen molar-refractivity contribution in [2.45, 2.75) is 5.76 Å². The summed E-state index contributed by atoms with van der Waals surface area (Å²) in [6.07, 6.45) is 0.322. The standard InChI is InChI=1S/C13H7Cl2F2N3O4S/c14-8-3-1-2-7(10(8)20-25(23,24)13(16)17)11(22)12-18-6(5-21)4-9(15)19-12/h1-5,13,20H. The lowest BCUT2D eigenvalue weighted by Gasteiger charge is -2.13. The van der Waals surface area contributed by atoms with Gasteiger partial charge >= 0.3 is 5.76 Å². The first-order valence-corrected chi connectivity index (χ1v) is 8.58. The molecule has 0 amide bonds. The Bertz CT molecular complexity index is 954. The fourth-order valence-electron chi connectivity index (χ4n) is 1.72. The number of benzene rings is 1. The van der Waals surface area contributed by atoms with Crippen LogP contribution in [0.15, 0.2) is 24.3 Å². The Kier molecular flexibility index (Phi) is 5.65. The second-order valence-electron chi connectivity index (χ2n) is 4.46. The molecule has 2 rings (SSSR count). The molecule has 132 valence electrons. The molecule has 2 aromatic rings. The van der Waals surface area contributed by atoms with Gasteiger partial charge in [-0.25, -0.2) is 18.4 Å². The summed E-state index contributed by atoms with van der Waals surface area (Å²) in [4.78, 5) is 30.6. The first-order valence-electron chi connectivity index (χ1n) is 6.28. The maximum atomic E-state index is 12.6. The van der Waals surface area contributed by atoms with Crippen LogP contribution in [0.4, 0.5) is 14.5 Å². The zero-order valence-electron chi connectivity index (χ0n) is 11.9. The Morgan fingerprint density at radius 3 is 2.52 bits per heavy atom. The summed E-state index contributed by atoms with van der Waals surface area (Å²) >= 11 is 11.5. The Morgan fingerprint density at radius 1 is 1.24 bits per heavy atom. The Labute approximate surface area is 150 Å². The molecule has 0 saturated heterocycles. The largest absolute Gasteiger partial charge is 0.355 e. The highest BCUT2D eigenvalue weighted by Crippen LogP contribution is 2.29. The number of aldehydes is 1. The van der Waals surface area contributed by atoms with Gasteiger partial charge in [0.15, 0.2) is 6.29 Å². The third kappa shape index (κ3) is 4.27. The summed E-state index contributed by atoms with van der Waals surface area (Å²) in [5.74, 6) is -5.25. The van der Waals surface area contributed by atoms with Gasteiger partial charge in [0.05, 0.1) is 16.3 Å². The number of alkyl halides is 2. The van der Waals surface area contributed by atoms with Crippen LogP contribution in [-0.2, 0) is 10.0 Å². The van der Waals surface area contributed by atoms with Crippen LogP contribution in [-0.4, -0.2) is 36.2 Å². The van der Waals surface area contributed by atoms with Gasteiger partial charge in [0.2, 0.25) is 11.6 Å². The third-order valence-electron chi connectivity index (χ3n) is 2.78. The Morgan fingerprint density at radius 2 is 1.92 bits per heavy atom. The van der Waals surface area contributed by atoms with E-state index in [4.69, 9.17) is 23.2 Å². The lowest BCUT2D eigenvalue weighted by Crippen LogP contribution is -2.22. The second kappa shape index (κ2) is 7.38. The zero-order valence-corrected chi connectivity index (χ0v) is 14.2. The van der Waals surface area contributed by atoms with Gasteiger partial charge in [-0.1, -0.05) is 29.3 Å². The van der Waals surface area contributed by atoms with Gasteiger partial charge in [0.25, 0.3) is 10.0 Å². The van der Waals surface area contributed by atoms with E-state index in [2.05, 4.69) is 9.97 Å². The molecule has 0 aliphatic heterocycles. The van der Waals surface area contributed by atoms with E-state index in [0.717, 1.165) is 12.1 Å². The highest BCUT2D eigenvalue weighted by molar-refractivity contribution is 7.93. The molecule has 1 heterocycles. The van der Waals surface area contributed by atoms with Crippen LogP contribution < -0.4 is 4.72 Å². The maximum Gasteiger partial charge on any atom is 0.355 e. The molecule has 0 aliphatic rings. The average molecular weight is 410 g/mol. The number of para-hydroxylation sites is 1. The van der Waals surface area contributed by atoms with Crippen molar-refractivity contribution in [3.63, 3.8) is 0 Å². The van der Waals surface area contributed by atoms with E-state index in [0.29, 0.717) is 6.29 Å². The molecule has 12 heteroatoms. The number of sulfonamides is 1. The number of halogens is 4. The molecule has 1 aromatic heterocycles. The number of aromatic nitrogens is 2. The summed E-state index contributed by atoms with van der Waals surface area (Å²) in [6.45, 7) is 0. The smallest absolute Gasteiger partial charge is 0.296 e. The first kappa shape index (κ1) is 19.2. The summed E-state index contributed by atoms with van der Waals surface area (Å²) < 4.78 is 49.5. The zero-order chi connectivity index (χ0) is 18.8. The number of ketones is 1. The van der Waals surface area contributed by atoms with E-state index in [1.165, 1.54) is 12.1 Å². The molecular weight excluding hydrogens is 403 g/mol. The summed E-state index contributed by atoms with van der Waals surface area (Å²) in [7, 11) is -5.08. The number of carbonyl (C=O) groups is 2. The van der Waals surface area contributed by atoms with E-state index in [9.17, 15) is 26.8 Å². The lowest BCUT2D eigenvalue weighted by atomic mass is 10.1. The minimum atomic E-state index is -5.08. The minimum Gasteiger partial charge on any atom is -0.296 e. The van der Waals surface area contributed by atoms with Crippen LogP contribution in [0.1, 0.15) is 26.7 Å². The number of anilines is 1. The van der Waals surface area contributed by atoms with Gasteiger partial charge in [-0.15, -0.1) is 0 Å². The maximum absolute atomic E-state index is 12.6. The third-order valence-corrected chi connectivity index (χ3v) is 4.24. The molecule has 0 spiro atoms. The summed E-state index contributed by atoms with van der Waals surface area (Å²) in [6, 6.07) is 4.71. The van der Waals surface area contributed by atoms with Gasteiger partial charge in [-0.3, -0.25) is 14.3 Å². The molecule has 0 fully saturated rings. The quantitative estimate of drug-likeness (QED) is 0.446. The summed E-state index contributed by atoms with van der Waals surface area (Å²) in [5, 5.41) is -0.509. The van der Waals surface area contributed by atoms with Crippen LogP contribution >= 0.6 is 23.2 Å². The van der Waals surface area contributed by atoms with Crippen LogP contribution in [0.25, 0.3) is 0 Å². The molecule has 0 atom stereocenters. The lowest BCUT2D eigenvalue weighted by molar-refractivity contribution is 0.103. The van der Waals surface area contributed by atoms with Crippen molar-refractivity contribution < 1.29 is 26.8 Å². The number of rotatable bonds is 6. The molecule has 1 aromatic carbocycles. The van der Waals surface area contributed by atoms with Gasteiger partial charge in [0.1, 0.15) is 10.8 Å². The first-order chi connectivity index (χ1) is 11.7. The van der Waals surface area contributed by atoms with Crippen molar-refractivity contribution in [3.8, 4) is 0 Å². The van der Waals surface area contributed by atoms with Crippen LogP contribution in [0, 0.1) is 0 Å². The number of carbonyl (C=O) groups excluding carboxylic acids is 2. The molecule has 0 aliphatic carbocycles. The summed E-state index contributed by atoms with van der Waals surface area (Å²) in [5.41, 5.74) is -1.15. The fourth-order valence-corrected chi connectivity index (χ4v) is 2.78. The SMILES string of the molecule is O=Cc1cc(Cl)nc(C(=O)c2cccc(Cl)c2NS(=O)(=O)C(F)F)n1. The van der Waals surface area contributed by atoms with E-state index in [1.54, 1.807) is 4.72 Å². The molecule has 0 bridgehead atoms. The fraction of sp³-hybridized carbons (Fsp3) is 0.0769. The Balaban J connectivity index is 2.57. The normalized spacial score (nSPS) is 11.4. The van der Waals surface area contributed by atoms with Crippen molar-refractivity contribution in [2.75, 3.05) is 4.72 Å². The number of hydrogen-bond acceptors (Lipinski definition) is 6. The van der Waals surface area contributed by atoms with Crippen molar-refractivity contribution in [2.24, 2.45) is 0 Å². The highest BCUT2D eigenvalue weighted by Gasteiger charge is 2.28. The second-order valence-corrected chi connectivity index (χ2v) is 6.90. The Hall–Kier alpha value is -2.17. The van der Waals surface area contributed by atoms with Crippen molar-refractivity contribution >= 4 is 51.0 Å². The van der Waals surface area contributed by atoms with Gasteiger partial charge in [0, 0.05) is 6.07 Å².